The molecule has 0 bridgehead atoms. The lowest BCUT2D eigenvalue weighted by Gasteiger charge is -2.37. The third kappa shape index (κ3) is 11.2. The highest BCUT2D eigenvalue weighted by atomic mass is 16.7. The van der Waals surface area contributed by atoms with Crippen molar-refractivity contribution >= 4 is 5.97 Å². The second-order valence-electron chi connectivity index (χ2n) is 11.4. The molecule has 8 nitrogen and oxygen atoms in total. The van der Waals surface area contributed by atoms with Crippen LogP contribution in [-0.4, -0.2) is 77.9 Å². The van der Waals surface area contributed by atoms with E-state index in [4.69, 9.17) is 18.9 Å². The fraction of sp³-hybridized carbons (Fsp3) is 0.719. The number of aliphatic hydroxyl groups is 3. The van der Waals surface area contributed by atoms with Gasteiger partial charge in [0.1, 0.15) is 12.2 Å². The Labute approximate surface area is 240 Å². The molecule has 3 N–H and O–H groups in total. The minimum absolute atomic E-state index is 0.105. The Balaban J connectivity index is 2.30. The van der Waals surface area contributed by atoms with Crippen LogP contribution in [0.15, 0.2) is 46.6 Å². The van der Waals surface area contributed by atoms with Gasteiger partial charge in [-0.2, -0.15) is 0 Å². The lowest BCUT2D eigenvalue weighted by Crippen LogP contribution is -2.50. The number of cyclic esters (lactones) is 1. The van der Waals surface area contributed by atoms with Crippen molar-refractivity contribution < 1.29 is 39.1 Å². The molecular formula is C32H52O8. The van der Waals surface area contributed by atoms with Crippen molar-refractivity contribution in [1.82, 2.24) is 0 Å². The fourth-order valence-corrected chi connectivity index (χ4v) is 5.19. The summed E-state index contributed by atoms with van der Waals surface area (Å²) in [5.74, 6) is -0.239. The minimum atomic E-state index is -0.867. The second-order valence-corrected chi connectivity index (χ2v) is 11.4. The molecule has 0 aliphatic carbocycles. The molecule has 40 heavy (non-hydrogen) atoms. The number of allylic oxidation sites excluding steroid dienone is 5. The van der Waals surface area contributed by atoms with E-state index in [1.165, 1.54) is 12.7 Å². The van der Waals surface area contributed by atoms with Crippen LogP contribution in [0.25, 0.3) is 0 Å². The van der Waals surface area contributed by atoms with Crippen LogP contribution < -0.4 is 0 Å². The molecule has 228 valence electrons. The van der Waals surface area contributed by atoms with Crippen molar-refractivity contribution in [2.45, 2.75) is 129 Å². The summed E-state index contributed by atoms with van der Waals surface area (Å²) in [4.78, 5) is 13.3. The number of rotatable bonds is 6. The van der Waals surface area contributed by atoms with Crippen LogP contribution in [0.3, 0.4) is 0 Å². The number of carbonyl (C=O) groups is 1. The van der Waals surface area contributed by atoms with Crippen LogP contribution in [0.5, 0.6) is 0 Å². The predicted octanol–water partition coefficient (Wildman–Crippen LogP) is 4.92. The summed E-state index contributed by atoms with van der Waals surface area (Å²) in [6, 6.07) is 0. The summed E-state index contributed by atoms with van der Waals surface area (Å²) in [6.07, 6.45) is 7.84. The Morgan fingerprint density at radius 2 is 1.90 bits per heavy atom. The molecule has 0 aromatic carbocycles. The molecule has 2 heterocycles. The van der Waals surface area contributed by atoms with Gasteiger partial charge in [0.15, 0.2) is 6.29 Å². The van der Waals surface area contributed by atoms with Gasteiger partial charge in [0.05, 0.1) is 36.6 Å². The highest BCUT2D eigenvalue weighted by molar-refractivity contribution is 5.88. The third-order valence-electron chi connectivity index (χ3n) is 7.67. The highest BCUT2D eigenvalue weighted by Crippen LogP contribution is 2.25. The quantitative estimate of drug-likeness (QED) is 0.308. The summed E-state index contributed by atoms with van der Waals surface area (Å²) in [5.41, 5.74) is 3.52. The van der Waals surface area contributed by atoms with Crippen LogP contribution in [-0.2, 0) is 23.7 Å². The summed E-state index contributed by atoms with van der Waals surface area (Å²) >= 11 is 0. The molecule has 8 heteroatoms. The van der Waals surface area contributed by atoms with E-state index in [0.29, 0.717) is 43.6 Å². The number of esters is 1. The lowest BCUT2D eigenvalue weighted by atomic mass is 9.92. The standard InChI is InChI=1S/C32H52O8/c1-8-25-16-21(3)15-20(2)13-14-29(24(6)33)40-31(36)26(11-9-10-12-27(34)22(4)17-25)19-38-32-30(37-7)28(35)18-23(5)39-32/h11,13,15,17,23-25,27-30,32-35H,8-10,12,14,16,18-19H2,1-7H3/b20-13+,21-15+,22-17+,26-11+/t23-,24?,25-,27+,28+,29+,30+,32-/m1/s1. The van der Waals surface area contributed by atoms with Crippen LogP contribution in [0.2, 0.25) is 0 Å². The SMILES string of the molecule is CC[C@H]1/C=C(\C)[C@@H](O)CCC/C=C(\CO[C@@H]2O[C@H](C)C[C@H](O)[C@@H]2OC)C(=O)O[C@H](C(C)O)C/C=C(C)/C=C(\C)C1. The Kier molecular flexibility index (Phi) is 14.8. The third-order valence-corrected chi connectivity index (χ3v) is 7.67. The fourth-order valence-electron chi connectivity index (χ4n) is 5.19. The van der Waals surface area contributed by atoms with Crippen LogP contribution >= 0.6 is 0 Å². The molecule has 2 rings (SSSR count). The second kappa shape index (κ2) is 17.2. The van der Waals surface area contributed by atoms with Gasteiger partial charge < -0.3 is 34.3 Å². The largest absolute Gasteiger partial charge is 0.456 e. The molecule has 2 aliphatic rings. The van der Waals surface area contributed by atoms with Crippen LogP contribution in [0.1, 0.15) is 86.5 Å². The van der Waals surface area contributed by atoms with Crippen molar-refractivity contribution in [3.05, 3.63) is 46.6 Å². The van der Waals surface area contributed by atoms with E-state index in [0.717, 1.165) is 24.0 Å². The van der Waals surface area contributed by atoms with Crippen molar-refractivity contribution in [2.24, 2.45) is 5.92 Å². The van der Waals surface area contributed by atoms with E-state index in [1.54, 1.807) is 13.0 Å². The molecular weight excluding hydrogens is 512 g/mol. The molecule has 0 aromatic heterocycles. The molecule has 0 radical (unpaired) electrons. The number of aliphatic hydroxyl groups excluding tert-OH is 3. The van der Waals surface area contributed by atoms with Gasteiger partial charge in [0, 0.05) is 20.0 Å². The Morgan fingerprint density at radius 1 is 1.18 bits per heavy atom. The topological polar surface area (TPSA) is 115 Å². The van der Waals surface area contributed by atoms with E-state index in [9.17, 15) is 20.1 Å². The van der Waals surface area contributed by atoms with E-state index in [1.807, 2.05) is 26.8 Å². The maximum absolute atomic E-state index is 13.3. The van der Waals surface area contributed by atoms with Gasteiger partial charge in [-0.05, 0) is 78.2 Å². The number of carbonyl (C=O) groups excluding carboxylic acids is 1. The zero-order chi connectivity index (χ0) is 29.8. The molecule has 8 atom stereocenters. The van der Waals surface area contributed by atoms with Gasteiger partial charge in [0.25, 0.3) is 0 Å². The average molecular weight is 565 g/mol. The first kappa shape index (κ1) is 34.4. The van der Waals surface area contributed by atoms with Crippen LogP contribution in [0.4, 0.5) is 0 Å². The maximum Gasteiger partial charge on any atom is 0.336 e. The first-order valence-corrected chi connectivity index (χ1v) is 14.7. The molecule has 1 saturated heterocycles. The van der Waals surface area contributed by atoms with E-state index < -0.39 is 42.8 Å². The van der Waals surface area contributed by atoms with Gasteiger partial charge in [-0.3, -0.25) is 0 Å². The summed E-state index contributed by atoms with van der Waals surface area (Å²) in [5, 5.41) is 31.6. The van der Waals surface area contributed by atoms with E-state index >= 15 is 0 Å². The number of hydrogen-bond donors (Lipinski definition) is 3. The first-order chi connectivity index (χ1) is 18.9. The van der Waals surface area contributed by atoms with Gasteiger partial charge >= 0.3 is 5.97 Å². The molecule has 0 aromatic rings. The number of methoxy groups -OCH3 is 1. The Bertz CT molecular complexity index is 918. The maximum atomic E-state index is 13.3. The van der Waals surface area contributed by atoms with Crippen LogP contribution in [0, 0.1) is 5.92 Å². The van der Waals surface area contributed by atoms with Crippen molar-refractivity contribution in [1.29, 1.82) is 0 Å². The zero-order valence-electron chi connectivity index (χ0n) is 25.5. The molecule has 0 spiro atoms. The molecule has 0 saturated carbocycles. The van der Waals surface area contributed by atoms with Gasteiger partial charge in [0.2, 0.25) is 0 Å². The molecule has 2 aliphatic heterocycles. The Hall–Kier alpha value is -1.81. The van der Waals surface area contributed by atoms with Gasteiger partial charge in [-0.1, -0.05) is 42.4 Å². The smallest absolute Gasteiger partial charge is 0.336 e. The van der Waals surface area contributed by atoms with E-state index in [-0.39, 0.29) is 12.7 Å². The zero-order valence-corrected chi connectivity index (χ0v) is 25.5. The lowest BCUT2D eigenvalue weighted by molar-refractivity contribution is -0.266. The number of hydrogen-bond acceptors (Lipinski definition) is 8. The summed E-state index contributed by atoms with van der Waals surface area (Å²) in [7, 11) is 1.48. The molecule has 1 fully saturated rings. The van der Waals surface area contributed by atoms with Crippen molar-refractivity contribution in [3.8, 4) is 0 Å². The highest BCUT2D eigenvalue weighted by Gasteiger charge is 2.37. The molecule has 1 unspecified atom stereocenters. The monoisotopic (exact) mass is 564 g/mol. The normalized spacial score (nSPS) is 38.1. The summed E-state index contributed by atoms with van der Waals surface area (Å²) < 4.78 is 23.0. The number of ether oxygens (including phenoxy) is 4. The predicted molar refractivity (Wildman–Crippen MR) is 155 cm³/mol. The van der Waals surface area contributed by atoms with Gasteiger partial charge in [-0.15, -0.1) is 0 Å². The first-order valence-electron chi connectivity index (χ1n) is 14.7. The molecule has 0 amide bonds. The summed E-state index contributed by atoms with van der Waals surface area (Å²) in [6.45, 7) is 11.6. The minimum Gasteiger partial charge on any atom is -0.456 e. The average Bonchev–Trinajstić information content (AvgIpc) is 2.88. The van der Waals surface area contributed by atoms with Crippen molar-refractivity contribution in [2.75, 3.05) is 13.7 Å². The van der Waals surface area contributed by atoms with Crippen molar-refractivity contribution in [3.63, 3.8) is 0 Å². The Morgan fingerprint density at radius 3 is 2.55 bits per heavy atom. The van der Waals surface area contributed by atoms with E-state index in [2.05, 4.69) is 26.0 Å². The van der Waals surface area contributed by atoms with Gasteiger partial charge in [-0.25, -0.2) is 4.79 Å².